The number of ether oxygens (including phenoxy) is 2. The molecule has 20 heavy (non-hydrogen) atoms. The zero-order valence-corrected chi connectivity index (χ0v) is 11.7. The molecule has 0 aliphatic carbocycles. The molecule has 0 unspecified atom stereocenters. The third-order valence-electron chi connectivity index (χ3n) is 2.55. The summed E-state index contributed by atoms with van der Waals surface area (Å²) in [5.74, 6) is 1.16. The first kappa shape index (κ1) is 14.2. The van der Waals surface area contributed by atoms with Gasteiger partial charge in [-0.05, 0) is 30.8 Å². The smallest absolute Gasteiger partial charge is 0.231 e. The Morgan fingerprint density at radius 3 is 3.00 bits per heavy atom. The maximum absolute atomic E-state index is 10.9. The van der Waals surface area contributed by atoms with Crippen molar-refractivity contribution in [3.63, 3.8) is 0 Å². The van der Waals surface area contributed by atoms with E-state index in [1.165, 1.54) is 0 Å². The molecule has 0 radical (unpaired) electrons. The maximum Gasteiger partial charge on any atom is 0.231 e. The number of anilines is 1. The summed E-state index contributed by atoms with van der Waals surface area (Å²) in [5, 5.41) is 14.8. The summed E-state index contributed by atoms with van der Waals surface area (Å²) in [4.78, 5) is 10.9. The quantitative estimate of drug-likeness (QED) is 0.626. The highest BCUT2D eigenvalue weighted by Gasteiger charge is 2.18. The van der Waals surface area contributed by atoms with Crippen molar-refractivity contribution in [2.45, 2.75) is 13.3 Å². The van der Waals surface area contributed by atoms with Gasteiger partial charge in [0.25, 0.3) is 0 Å². The molecule has 1 aromatic rings. The van der Waals surface area contributed by atoms with E-state index in [9.17, 15) is 9.90 Å². The lowest BCUT2D eigenvalue weighted by molar-refractivity contribution is -0.267. The number of nitrogens with one attached hydrogen (secondary N) is 2. The monoisotopic (exact) mass is 296 g/mol. The summed E-state index contributed by atoms with van der Waals surface area (Å²) in [6, 6.07) is 5.31. The van der Waals surface area contributed by atoms with E-state index >= 15 is 0 Å². The molecule has 108 valence electrons. The standard InChI is InChI=1S/C12H15N3O4S/c1-2-6-15(12(16)17)14-11(20)13-8-4-3-5-9-10(8)19-7-18-9/h3-5H,2,6-7H2,1H3,(H,16,17)(H2,13,14,20)/p-1. The van der Waals surface area contributed by atoms with Crippen LogP contribution in [0.15, 0.2) is 18.2 Å². The van der Waals surface area contributed by atoms with Crippen LogP contribution in [0.25, 0.3) is 0 Å². The van der Waals surface area contributed by atoms with E-state index in [0.717, 1.165) is 5.01 Å². The van der Waals surface area contributed by atoms with Gasteiger partial charge in [-0.15, -0.1) is 0 Å². The molecule has 1 aromatic carbocycles. The summed E-state index contributed by atoms with van der Waals surface area (Å²) < 4.78 is 10.6. The Bertz CT molecular complexity index is 523. The first-order valence-electron chi connectivity index (χ1n) is 6.06. The lowest BCUT2D eigenvalue weighted by atomic mass is 10.3. The van der Waals surface area contributed by atoms with E-state index in [1.807, 2.05) is 6.92 Å². The van der Waals surface area contributed by atoms with Crippen LogP contribution in [0.1, 0.15) is 13.3 Å². The molecule has 0 fully saturated rings. The minimum Gasteiger partial charge on any atom is -0.529 e. The molecule has 1 amide bonds. The number of carboxylic acid groups (broad SMARTS) is 1. The number of hydrogen-bond donors (Lipinski definition) is 2. The van der Waals surface area contributed by atoms with Gasteiger partial charge in [0.15, 0.2) is 22.7 Å². The van der Waals surface area contributed by atoms with Crippen molar-refractivity contribution < 1.29 is 19.4 Å². The van der Waals surface area contributed by atoms with Crippen LogP contribution in [-0.4, -0.2) is 29.6 Å². The van der Waals surface area contributed by atoms with E-state index in [0.29, 0.717) is 23.6 Å². The van der Waals surface area contributed by atoms with Gasteiger partial charge in [-0.25, -0.2) is 0 Å². The number of nitrogens with zero attached hydrogens (tertiary/aromatic N) is 1. The van der Waals surface area contributed by atoms with Crippen LogP contribution in [0.3, 0.4) is 0 Å². The van der Waals surface area contributed by atoms with E-state index in [2.05, 4.69) is 10.7 Å². The van der Waals surface area contributed by atoms with Crippen LogP contribution >= 0.6 is 12.2 Å². The Kier molecular flexibility index (Phi) is 4.46. The number of hydrogen-bond acceptors (Lipinski definition) is 5. The summed E-state index contributed by atoms with van der Waals surface area (Å²) in [7, 11) is 0. The number of fused-ring (bicyclic) bond motifs is 1. The molecule has 0 saturated heterocycles. The summed E-state index contributed by atoms with van der Waals surface area (Å²) in [6.45, 7) is 2.27. The third-order valence-corrected chi connectivity index (χ3v) is 2.74. The van der Waals surface area contributed by atoms with Gasteiger partial charge < -0.3 is 24.7 Å². The number of hydrazine groups is 1. The van der Waals surface area contributed by atoms with Crippen LogP contribution in [0.5, 0.6) is 11.5 Å². The third kappa shape index (κ3) is 3.21. The average molecular weight is 296 g/mol. The average Bonchev–Trinajstić information content (AvgIpc) is 2.87. The second kappa shape index (κ2) is 6.29. The molecular formula is C12H14N3O4S-. The predicted molar refractivity (Wildman–Crippen MR) is 74.3 cm³/mol. The van der Waals surface area contributed by atoms with E-state index < -0.39 is 6.09 Å². The molecule has 0 atom stereocenters. The van der Waals surface area contributed by atoms with Crippen molar-refractivity contribution in [2.24, 2.45) is 0 Å². The Morgan fingerprint density at radius 2 is 2.30 bits per heavy atom. The Hall–Kier alpha value is -2.22. The SMILES string of the molecule is CCCN(NC(=S)Nc1cccc2c1OCO2)C(=O)[O-]. The van der Waals surface area contributed by atoms with Crippen molar-refractivity contribution in [2.75, 3.05) is 18.7 Å². The fraction of sp³-hybridized carbons (Fsp3) is 0.333. The van der Waals surface area contributed by atoms with Gasteiger partial charge in [0, 0.05) is 6.54 Å². The van der Waals surface area contributed by atoms with Crippen molar-refractivity contribution in [3.05, 3.63) is 18.2 Å². The number of thiocarbonyl (C=S) groups is 1. The lowest BCUT2D eigenvalue weighted by Crippen LogP contribution is -2.53. The van der Waals surface area contributed by atoms with Crippen molar-refractivity contribution >= 4 is 29.1 Å². The highest BCUT2D eigenvalue weighted by atomic mass is 32.1. The van der Waals surface area contributed by atoms with Crippen LogP contribution < -0.4 is 25.3 Å². The minimum atomic E-state index is -1.34. The number of para-hydroxylation sites is 1. The molecule has 2 N–H and O–H groups in total. The molecule has 1 aliphatic rings. The fourth-order valence-corrected chi connectivity index (χ4v) is 1.94. The van der Waals surface area contributed by atoms with Gasteiger partial charge >= 0.3 is 0 Å². The second-order valence-electron chi connectivity index (χ2n) is 4.02. The van der Waals surface area contributed by atoms with Crippen LogP contribution in [0.2, 0.25) is 0 Å². The zero-order chi connectivity index (χ0) is 14.5. The van der Waals surface area contributed by atoms with Gasteiger partial charge in [0.05, 0.1) is 5.69 Å². The molecule has 8 heteroatoms. The number of benzene rings is 1. The molecule has 0 saturated carbocycles. The molecule has 0 aromatic heterocycles. The number of carbonyl (C=O) groups excluding carboxylic acids is 1. The van der Waals surface area contributed by atoms with E-state index in [4.69, 9.17) is 21.7 Å². The van der Waals surface area contributed by atoms with Gasteiger partial charge in [0.2, 0.25) is 6.79 Å². The highest BCUT2D eigenvalue weighted by molar-refractivity contribution is 7.80. The van der Waals surface area contributed by atoms with E-state index in [-0.39, 0.29) is 18.5 Å². The van der Waals surface area contributed by atoms with Crippen molar-refractivity contribution in [3.8, 4) is 11.5 Å². The fourth-order valence-electron chi connectivity index (χ4n) is 1.72. The summed E-state index contributed by atoms with van der Waals surface area (Å²) in [5.41, 5.74) is 3.16. The van der Waals surface area contributed by atoms with Crippen LogP contribution in [0, 0.1) is 0 Å². The minimum absolute atomic E-state index is 0.131. The highest BCUT2D eigenvalue weighted by Crippen LogP contribution is 2.38. The Balaban J connectivity index is 2.01. The first-order valence-corrected chi connectivity index (χ1v) is 6.47. The second-order valence-corrected chi connectivity index (χ2v) is 4.43. The van der Waals surface area contributed by atoms with Crippen LogP contribution in [0.4, 0.5) is 10.5 Å². The lowest BCUT2D eigenvalue weighted by Gasteiger charge is -2.26. The number of amides is 1. The van der Waals surface area contributed by atoms with Crippen molar-refractivity contribution in [1.29, 1.82) is 0 Å². The van der Waals surface area contributed by atoms with Gasteiger partial charge in [-0.3, -0.25) is 10.4 Å². The van der Waals surface area contributed by atoms with Gasteiger partial charge in [-0.2, -0.15) is 0 Å². The van der Waals surface area contributed by atoms with Crippen molar-refractivity contribution in [1.82, 2.24) is 10.4 Å². The molecule has 0 bridgehead atoms. The summed E-state index contributed by atoms with van der Waals surface area (Å²) >= 11 is 5.07. The topological polar surface area (TPSA) is 85.9 Å². The maximum atomic E-state index is 10.9. The Labute approximate surface area is 121 Å². The Morgan fingerprint density at radius 1 is 1.50 bits per heavy atom. The molecule has 2 rings (SSSR count). The normalized spacial score (nSPS) is 11.8. The van der Waals surface area contributed by atoms with Gasteiger partial charge in [0.1, 0.15) is 0 Å². The zero-order valence-electron chi connectivity index (χ0n) is 10.8. The predicted octanol–water partition coefficient (Wildman–Crippen LogP) is 0.672. The molecular weight excluding hydrogens is 282 g/mol. The number of carbonyl (C=O) groups is 1. The molecule has 7 nitrogen and oxygen atoms in total. The van der Waals surface area contributed by atoms with E-state index in [1.54, 1.807) is 18.2 Å². The van der Waals surface area contributed by atoms with Crippen LogP contribution in [-0.2, 0) is 0 Å². The van der Waals surface area contributed by atoms with Gasteiger partial charge in [-0.1, -0.05) is 13.0 Å². The first-order chi connectivity index (χ1) is 9.61. The molecule has 0 spiro atoms. The molecule has 1 heterocycles. The largest absolute Gasteiger partial charge is 0.529 e. The summed E-state index contributed by atoms with van der Waals surface area (Å²) in [6.07, 6.45) is -0.699. The number of rotatable bonds is 3. The molecule has 1 aliphatic heterocycles.